The van der Waals surface area contributed by atoms with Gasteiger partial charge in [0.2, 0.25) is 0 Å². The van der Waals surface area contributed by atoms with E-state index in [9.17, 15) is 14.4 Å². The summed E-state index contributed by atoms with van der Waals surface area (Å²) >= 11 is 0. The van der Waals surface area contributed by atoms with Gasteiger partial charge in [0.15, 0.2) is 6.10 Å². The number of unbranched alkanes of at least 4 members (excludes halogenated alkanes) is 44. The zero-order valence-corrected chi connectivity index (χ0v) is 55.5. The van der Waals surface area contributed by atoms with Gasteiger partial charge in [-0.2, -0.15) is 0 Å². The van der Waals surface area contributed by atoms with E-state index in [1.807, 2.05) is 0 Å². The van der Waals surface area contributed by atoms with Crippen LogP contribution in [-0.2, 0) is 28.6 Å². The third-order valence-corrected chi connectivity index (χ3v) is 16.1. The Hall–Kier alpha value is -3.15. The van der Waals surface area contributed by atoms with Gasteiger partial charge < -0.3 is 14.2 Å². The predicted molar refractivity (Wildman–Crippen MR) is 362 cm³/mol. The van der Waals surface area contributed by atoms with E-state index in [1.54, 1.807) is 0 Å². The van der Waals surface area contributed by atoms with Crippen LogP contribution < -0.4 is 0 Å². The van der Waals surface area contributed by atoms with Crippen LogP contribution in [0.3, 0.4) is 0 Å². The SMILES string of the molecule is CCC/C=C\C/C=C\CCCCCCCC(=O)OCC(COC(=O)CCCCCCCCCCCCCCCCCCC/C=C\CCCCCCCCCC)OC(=O)CCCCCCCCCC/C=C\C/C=C\C/C=C\CCCCCCC. The van der Waals surface area contributed by atoms with Gasteiger partial charge in [-0.1, -0.05) is 325 Å². The highest BCUT2D eigenvalue weighted by Crippen LogP contribution is 2.18. The lowest BCUT2D eigenvalue weighted by Crippen LogP contribution is -2.30. The highest BCUT2D eigenvalue weighted by atomic mass is 16.6. The second kappa shape index (κ2) is 71.3. The third-order valence-electron chi connectivity index (χ3n) is 16.1. The molecular formula is C77H138O6. The summed E-state index contributed by atoms with van der Waals surface area (Å²) in [4.78, 5) is 38.4. The predicted octanol–water partition coefficient (Wildman–Crippen LogP) is 25.2. The molecule has 6 nitrogen and oxygen atoms in total. The molecule has 0 aromatic heterocycles. The molecule has 0 heterocycles. The Morgan fingerprint density at radius 2 is 0.458 bits per heavy atom. The van der Waals surface area contributed by atoms with Crippen molar-refractivity contribution >= 4 is 17.9 Å². The van der Waals surface area contributed by atoms with E-state index in [2.05, 4.69) is 93.7 Å². The first kappa shape index (κ1) is 79.8. The number of allylic oxidation sites excluding steroid dienone is 12. The molecule has 0 aliphatic carbocycles. The van der Waals surface area contributed by atoms with Crippen LogP contribution in [0.4, 0.5) is 0 Å². The lowest BCUT2D eigenvalue weighted by atomic mass is 10.0. The normalized spacial score (nSPS) is 12.5. The molecular weight excluding hydrogens is 1020 g/mol. The molecule has 0 spiro atoms. The highest BCUT2D eigenvalue weighted by molar-refractivity contribution is 5.71. The van der Waals surface area contributed by atoms with E-state index in [-0.39, 0.29) is 31.1 Å². The number of carbonyl (C=O) groups excluding carboxylic acids is 3. The fourth-order valence-corrected chi connectivity index (χ4v) is 10.7. The molecule has 83 heavy (non-hydrogen) atoms. The Bertz CT molecular complexity index is 1520. The van der Waals surface area contributed by atoms with Crippen molar-refractivity contribution in [1.82, 2.24) is 0 Å². The van der Waals surface area contributed by atoms with Gasteiger partial charge in [0.1, 0.15) is 13.2 Å². The van der Waals surface area contributed by atoms with Crippen molar-refractivity contribution in [2.24, 2.45) is 0 Å². The Morgan fingerprint density at radius 3 is 0.735 bits per heavy atom. The van der Waals surface area contributed by atoms with Crippen molar-refractivity contribution in [3.05, 3.63) is 72.9 Å². The number of hydrogen-bond acceptors (Lipinski definition) is 6. The quantitative estimate of drug-likeness (QED) is 0.0261. The van der Waals surface area contributed by atoms with Crippen LogP contribution in [0.15, 0.2) is 72.9 Å². The van der Waals surface area contributed by atoms with Crippen molar-refractivity contribution in [3.8, 4) is 0 Å². The molecule has 0 aromatic carbocycles. The number of carbonyl (C=O) groups is 3. The minimum absolute atomic E-state index is 0.0802. The summed E-state index contributed by atoms with van der Waals surface area (Å²) < 4.78 is 17.0. The Kier molecular flexibility index (Phi) is 68.6. The Labute approximate surface area is 516 Å². The fraction of sp³-hybridized carbons (Fsp3) is 0.805. The van der Waals surface area contributed by atoms with Crippen molar-refractivity contribution < 1.29 is 28.6 Å². The molecule has 0 fully saturated rings. The van der Waals surface area contributed by atoms with E-state index in [0.29, 0.717) is 19.3 Å². The maximum Gasteiger partial charge on any atom is 0.306 e. The molecule has 0 aliphatic heterocycles. The van der Waals surface area contributed by atoms with Gasteiger partial charge >= 0.3 is 17.9 Å². The molecule has 1 atom stereocenters. The minimum Gasteiger partial charge on any atom is -0.462 e. The van der Waals surface area contributed by atoms with Gasteiger partial charge in [-0.05, 0) is 109 Å². The number of esters is 3. The van der Waals surface area contributed by atoms with Crippen LogP contribution in [0.2, 0.25) is 0 Å². The van der Waals surface area contributed by atoms with Crippen LogP contribution in [0.5, 0.6) is 0 Å². The average Bonchev–Trinajstić information content (AvgIpc) is 3.49. The summed E-state index contributed by atoms with van der Waals surface area (Å²) in [6, 6.07) is 0. The molecule has 0 bridgehead atoms. The lowest BCUT2D eigenvalue weighted by molar-refractivity contribution is -0.167. The Morgan fingerprint density at radius 1 is 0.241 bits per heavy atom. The van der Waals surface area contributed by atoms with Crippen LogP contribution in [0.1, 0.15) is 380 Å². The molecule has 0 radical (unpaired) electrons. The smallest absolute Gasteiger partial charge is 0.306 e. The molecule has 0 aromatic rings. The standard InChI is InChI=1S/C77H138O6/c1-4-7-10-13-16-19-22-25-27-29-31-33-35-36-37-38-39-40-42-43-45-47-49-52-55-58-61-64-67-70-76(79)82-73-74(72-81-75(78)69-66-63-60-57-54-51-24-21-18-15-12-9-6-3)83-77(80)71-68-65-62-59-56-53-50-48-46-44-41-34-32-30-28-26-23-20-17-14-11-8-5-2/h12,15,21,23-24,26,29-32,41,44,74H,4-11,13-14,16-20,22,25,27-28,33-40,42-43,45-73H2,1-3H3/b15-12-,24-21-,26-23-,31-29-,32-30-,44-41-. The molecule has 6 heteroatoms. The van der Waals surface area contributed by atoms with Gasteiger partial charge in [0.25, 0.3) is 0 Å². The fourth-order valence-electron chi connectivity index (χ4n) is 10.7. The number of hydrogen-bond donors (Lipinski definition) is 0. The minimum atomic E-state index is -0.786. The van der Waals surface area contributed by atoms with Crippen LogP contribution >= 0.6 is 0 Å². The van der Waals surface area contributed by atoms with Crippen molar-refractivity contribution in [1.29, 1.82) is 0 Å². The van der Waals surface area contributed by atoms with E-state index >= 15 is 0 Å². The maximum absolute atomic E-state index is 13.0. The van der Waals surface area contributed by atoms with Crippen LogP contribution in [-0.4, -0.2) is 37.2 Å². The van der Waals surface area contributed by atoms with Crippen molar-refractivity contribution in [3.63, 3.8) is 0 Å². The Balaban J connectivity index is 4.24. The number of rotatable bonds is 67. The zero-order valence-electron chi connectivity index (χ0n) is 55.5. The van der Waals surface area contributed by atoms with Gasteiger partial charge in [0.05, 0.1) is 0 Å². The second-order valence-electron chi connectivity index (χ2n) is 24.5. The molecule has 1 unspecified atom stereocenters. The molecule has 0 rings (SSSR count). The first-order chi connectivity index (χ1) is 41.0. The van der Waals surface area contributed by atoms with E-state index in [4.69, 9.17) is 14.2 Å². The van der Waals surface area contributed by atoms with Gasteiger partial charge in [-0.15, -0.1) is 0 Å². The lowest BCUT2D eigenvalue weighted by Gasteiger charge is -2.18. The van der Waals surface area contributed by atoms with Gasteiger partial charge in [0, 0.05) is 19.3 Å². The molecule has 0 aliphatic rings. The first-order valence-corrected chi connectivity index (χ1v) is 36.4. The monoisotopic (exact) mass is 1160 g/mol. The number of ether oxygens (including phenoxy) is 3. The summed E-state index contributed by atoms with van der Waals surface area (Å²) in [6.07, 6.45) is 93.7. The van der Waals surface area contributed by atoms with Gasteiger partial charge in [-0.25, -0.2) is 0 Å². The van der Waals surface area contributed by atoms with Crippen molar-refractivity contribution in [2.75, 3.05) is 13.2 Å². The third kappa shape index (κ3) is 69.5. The summed E-state index contributed by atoms with van der Waals surface area (Å²) in [5, 5.41) is 0. The zero-order chi connectivity index (χ0) is 59.9. The summed E-state index contributed by atoms with van der Waals surface area (Å²) in [5.41, 5.74) is 0. The summed E-state index contributed by atoms with van der Waals surface area (Å²) in [7, 11) is 0. The van der Waals surface area contributed by atoms with Crippen molar-refractivity contribution in [2.45, 2.75) is 386 Å². The van der Waals surface area contributed by atoms with Crippen LogP contribution in [0.25, 0.3) is 0 Å². The molecule has 0 amide bonds. The highest BCUT2D eigenvalue weighted by Gasteiger charge is 2.19. The summed E-state index contributed by atoms with van der Waals surface area (Å²) in [6.45, 7) is 6.60. The molecule has 0 saturated carbocycles. The molecule has 482 valence electrons. The second-order valence-corrected chi connectivity index (χ2v) is 24.5. The summed E-state index contributed by atoms with van der Waals surface area (Å²) in [5.74, 6) is -0.882. The first-order valence-electron chi connectivity index (χ1n) is 36.4. The average molecular weight is 1160 g/mol. The van der Waals surface area contributed by atoms with E-state index < -0.39 is 6.10 Å². The maximum atomic E-state index is 13.0. The van der Waals surface area contributed by atoms with Crippen LogP contribution in [0, 0.1) is 0 Å². The topological polar surface area (TPSA) is 78.9 Å². The largest absolute Gasteiger partial charge is 0.462 e. The van der Waals surface area contributed by atoms with Gasteiger partial charge in [-0.3, -0.25) is 14.4 Å². The molecule has 0 N–H and O–H groups in total. The van der Waals surface area contributed by atoms with E-state index in [0.717, 1.165) is 103 Å². The van der Waals surface area contributed by atoms with E-state index in [1.165, 1.54) is 238 Å². The molecule has 0 saturated heterocycles.